The highest BCUT2D eigenvalue weighted by Crippen LogP contribution is 2.39. The second kappa shape index (κ2) is 22.9. The second-order valence-electron chi connectivity index (χ2n) is 20.1. The van der Waals surface area contributed by atoms with Crippen molar-refractivity contribution in [2.24, 2.45) is 5.92 Å². The lowest BCUT2D eigenvalue weighted by atomic mass is 9.87. The fraction of sp³-hybridized carbons (Fsp3) is 0.500. The Morgan fingerprint density at radius 3 is 2.39 bits per heavy atom. The van der Waals surface area contributed by atoms with Gasteiger partial charge in [0.15, 0.2) is 5.78 Å². The lowest BCUT2D eigenvalue weighted by Crippen LogP contribution is -2.48. The van der Waals surface area contributed by atoms with Crippen LogP contribution in [-0.2, 0) is 14.3 Å². The van der Waals surface area contributed by atoms with Crippen molar-refractivity contribution in [3.63, 3.8) is 0 Å². The van der Waals surface area contributed by atoms with E-state index in [0.29, 0.717) is 42.3 Å². The first-order valence-corrected chi connectivity index (χ1v) is 25.4. The van der Waals surface area contributed by atoms with Crippen molar-refractivity contribution in [1.29, 1.82) is 0 Å². The van der Waals surface area contributed by atoms with Crippen LogP contribution in [0.15, 0.2) is 96.3 Å². The summed E-state index contributed by atoms with van der Waals surface area (Å²) in [7, 11) is 3.85. The predicted molar refractivity (Wildman–Crippen MR) is 278 cm³/mol. The van der Waals surface area contributed by atoms with Crippen LogP contribution in [0.5, 0.6) is 0 Å². The molecule has 8 rings (SSSR count). The summed E-state index contributed by atoms with van der Waals surface area (Å²) in [5, 5.41) is 9.25. The molecule has 3 aromatic rings. The van der Waals surface area contributed by atoms with E-state index in [-0.39, 0.29) is 42.6 Å². The Kier molecular flexibility index (Phi) is 16.6. The van der Waals surface area contributed by atoms with Crippen molar-refractivity contribution in [2.75, 3.05) is 96.4 Å². The average Bonchev–Trinajstić information content (AvgIpc) is 3.60. The number of methoxy groups -OCH3 is 1. The number of piperidine rings is 2. The van der Waals surface area contributed by atoms with Crippen molar-refractivity contribution in [3.05, 3.63) is 119 Å². The van der Waals surface area contributed by atoms with E-state index < -0.39 is 6.04 Å². The fourth-order valence-corrected chi connectivity index (χ4v) is 10.9. The van der Waals surface area contributed by atoms with Crippen LogP contribution in [0.3, 0.4) is 0 Å². The molecule has 0 aliphatic carbocycles. The van der Waals surface area contributed by atoms with Crippen LogP contribution in [0.2, 0.25) is 0 Å². The molecule has 0 radical (unpaired) electrons. The first kappa shape index (κ1) is 50.6. The molecule has 14 heteroatoms. The Bertz CT molecular complexity index is 2460. The molecule has 2 aromatic carbocycles. The van der Waals surface area contributed by atoms with Crippen molar-refractivity contribution >= 4 is 35.0 Å². The Labute approximate surface area is 414 Å². The number of rotatable bonds is 15. The SMILES string of the molecule is C=C/C(=C\C(F)=C(/C)N1CCN(CC2CCN(C(=O)c3ccc(C4CCN(C(C)/C(C)=C/c5c(-c6ccc7c(c6)N(C)C(COC)N7)ccnc5C)CC4)cc3)CC2)CC1)NC1CCC(=O)CNC1=O. The molecule has 6 heterocycles. The van der Waals surface area contributed by atoms with Gasteiger partial charge in [0, 0.05) is 107 Å². The molecule has 0 spiro atoms. The molecule has 3 unspecified atom stereocenters. The summed E-state index contributed by atoms with van der Waals surface area (Å²) in [6, 6.07) is 16.9. The van der Waals surface area contributed by atoms with Crippen molar-refractivity contribution < 1.29 is 23.5 Å². The van der Waals surface area contributed by atoms with Gasteiger partial charge >= 0.3 is 0 Å². The molecule has 0 bridgehead atoms. The van der Waals surface area contributed by atoms with Gasteiger partial charge in [-0.25, -0.2) is 4.39 Å². The number of carbonyl (C=O) groups is 3. The van der Waals surface area contributed by atoms with E-state index in [4.69, 9.17) is 9.72 Å². The number of aryl methyl sites for hydroxylation is 1. The number of aromatic nitrogens is 1. The normalized spacial score (nSPS) is 22.2. The highest BCUT2D eigenvalue weighted by molar-refractivity contribution is 5.94. The number of nitrogens with zero attached hydrogens (tertiary/aromatic N) is 6. The second-order valence-corrected chi connectivity index (χ2v) is 20.1. The Balaban J connectivity index is 0.775. The summed E-state index contributed by atoms with van der Waals surface area (Å²) in [5.74, 6) is 0.444. The first-order valence-electron chi connectivity index (χ1n) is 25.4. The molecule has 3 N–H and O–H groups in total. The van der Waals surface area contributed by atoms with Crippen molar-refractivity contribution in [3.8, 4) is 11.1 Å². The number of piperazine rings is 1. The minimum absolute atomic E-state index is 0.0166. The zero-order chi connectivity index (χ0) is 49.5. The molecule has 4 saturated heterocycles. The number of likely N-dealkylation sites (tertiary alicyclic amines) is 2. The number of amides is 2. The molecule has 1 aromatic heterocycles. The van der Waals surface area contributed by atoms with Crippen molar-refractivity contribution in [1.82, 2.24) is 35.2 Å². The average molecular weight is 956 g/mol. The highest BCUT2D eigenvalue weighted by Gasteiger charge is 2.30. The molecule has 5 aliphatic heterocycles. The van der Waals surface area contributed by atoms with E-state index in [1.54, 1.807) is 14.0 Å². The minimum Gasteiger partial charge on any atom is -0.381 e. The summed E-state index contributed by atoms with van der Waals surface area (Å²) in [4.78, 5) is 54.0. The van der Waals surface area contributed by atoms with Gasteiger partial charge in [0.1, 0.15) is 18.0 Å². The van der Waals surface area contributed by atoms with Gasteiger partial charge in [-0.15, -0.1) is 0 Å². The molecular weight excluding hydrogens is 882 g/mol. The summed E-state index contributed by atoms with van der Waals surface area (Å²) in [5.41, 5.74) is 11.2. The number of carbonyl (C=O) groups excluding carboxylic acids is 3. The number of hydrogen-bond donors (Lipinski definition) is 3. The molecule has 4 fully saturated rings. The van der Waals surface area contributed by atoms with Gasteiger partial charge in [-0.05, 0) is 144 Å². The highest BCUT2D eigenvalue weighted by atomic mass is 19.1. The van der Waals surface area contributed by atoms with Crippen LogP contribution in [0.1, 0.15) is 92.4 Å². The van der Waals surface area contributed by atoms with E-state index in [2.05, 4.69) is 112 Å². The number of pyridine rings is 1. The van der Waals surface area contributed by atoms with Crippen molar-refractivity contribution in [2.45, 2.75) is 90.4 Å². The van der Waals surface area contributed by atoms with Crippen LogP contribution < -0.4 is 20.9 Å². The molecule has 13 nitrogen and oxygen atoms in total. The number of ether oxygens (including phenoxy) is 1. The van der Waals surface area contributed by atoms with Crippen LogP contribution in [-0.4, -0.2) is 147 Å². The number of hydrogen-bond acceptors (Lipinski definition) is 11. The fourth-order valence-electron chi connectivity index (χ4n) is 10.9. The molecule has 2 amide bonds. The quantitative estimate of drug-likeness (QED) is 0.130. The third-order valence-corrected chi connectivity index (χ3v) is 15.7. The number of ketones is 1. The van der Waals surface area contributed by atoms with E-state index in [9.17, 15) is 14.4 Å². The topological polar surface area (TPSA) is 126 Å². The van der Waals surface area contributed by atoms with Gasteiger partial charge in [-0.3, -0.25) is 29.2 Å². The predicted octanol–water partition coefficient (Wildman–Crippen LogP) is 7.74. The van der Waals surface area contributed by atoms with Gasteiger partial charge in [-0.2, -0.15) is 0 Å². The lowest BCUT2D eigenvalue weighted by Gasteiger charge is -2.40. The maximum absolute atomic E-state index is 15.5. The zero-order valence-corrected chi connectivity index (χ0v) is 42.2. The molecule has 374 valence electrons. The van der Waals surface area contributed by atoms with E-state index >= 15 is 4.39 Å². The Hall–Kier alpha value is -5.83. The van der Waals surface area contributed by atoms with Crippen LogP contribution in [0.25, 0.3) is 17.2 Å². The van der Waals surface area contributed by atoms with Crippen LogP contribution in [0, 0.1) is 12.8 Å². The van der Waals surface area contributed by atoms with Gasteiger partial charge in [-0.1, -0.05) is 36.4 Å². The molecule has 70 heavy (non-hydrogen) atoms. The van der Waals surface area contributed by atoms with Gasteiger partial charge < -0.3 is 35.4 Å². The smallest absolute Gasteiger partial charge is 0.253 e. The summed E-state index contributed by atoms with van der Waals surface area (Å²) >= 11 is 0. The number of allylic oxidation sites excluding steroid dienone is 4. The monoisotopic (exact) mass is 956 g/mol. The maximum atomic E-state index is 15.5. The molecule has 3 atom stereocenters. The number of likely N-dealkylation sites (N-methyl/N-ethyl adjacent to an activating group) is 1. The third-order valence-electron chi connectivity index (χ3n) is 15.7. The standard InChI is InChI=1S/C56H74FN9O4/c1-8-46(60-52-16-14-47(67)34-59-55(52)68)33-50(57)40(5)65-29-27-63(28-30-65)35-41-18-23-66(24-19-41)56(69)44-11-9-42(10-12-44)43-20-25-64(26-21-43)39(4)37(2)31-49-38(3)58-22-17-48(49)45-13-15-51-53(32-45)62(6)54(61-51)36-70-7/h8-13,15,17,22,31-33,39,41,43,52,54,60-61H,1,14,16,18-21,23-30,34-36H2,2-7H3,(H,59,68)/b37-31+,46-33+,50-40-. The number of benzene rings is 2. The van der Waals surface area contributed by atoms with Crippen LogP contribution in [0.4, 0.5) is 15.8 Å². The van der Waals surface area contributed by atoms with Gasteiger partial charge in [0.2, 0.25) is 5.91 Å². The van der Waals surface area contributed by atoms with E-state index in [1.807, 2.05) is 23.2 Å². The first-order chi connectivity index (χ1) is 33.8. The maximum Gasteiger partial charge on any atom is 0.253 e. The Morgan fingerprint density at radius 2 is 1.69 bits per heavy atom. The molecule has 5 aliphatic rings. The summed E-state index contributed by atoms with van der Waals surface area (Å²) in [6.45, 7) is 20.6. The van der Waals surface area contributed by atoms with Gasteiger partial charge in [0.05, 0.1) is 24.5 Å². The number of nitrogens with one attached hydrogen (secondary N) is 3. The molecular formula is C56H74FN9O4. The van der Waals surface area contributed by atoms with Crippen LogP contribution >= 0.6 is 0 Å². The zero-order valence-electron chi connectivity index (χ0n) is 42.2. The number of anilines is 2. The lowest BCUT2D eigenvalue weighted by molar-refractivity contribution is -0.124. The third kappa shape index (κ3) is 11.8. The summed E-state index contributed by atoms with van der Waals surface area (Å²) < 4.78 is 20.9. The van der Waals surface area contributed by atoms with Gasteiger partial charge in [0.25, 0.3) is 5.91 Å². The molecule has 0 saturated carbocycles. The van der Waals surface area contributed by atoms with E-state index in [0.717, 1.165) is 102 Å². The van der Waals surface area contributed by atoms with E-state index in [1.165, 1.54) is 45.7 Å². The number of fused-ring (bicyclic) bond motifs is 1. The number of Topliss-reactive ketones (excluding diaryl/α,β-unsaturated/α-hetero) is 1. The Morgan fingerprint density at radius 1 is 0.957 bits per heavy atom. The number of halogens is 1. The largest absolute Gasteiger partial charge is 0.381 e. The summed E-state index contributed by atoms with van der Waals surface area (Å²) in [6.07, 6.45) is 12.0. The minimum atomic E-state index is -0.614.